The molecule has 1 atom stereocenters. The van der Waals surface area contributed by atoms with E-state index in [2.05, 4.69) is 5.32 Å². The number of amides is 1. The van der Waals surface area contributed by atoms with E-state index < -0.39 is 12.1 Å². The van der Waals surface area contributed by atoms with Gasteiger partial charge in [0, 0.05) is 5.54 Å². The lowest BCUT2D eigenvalue weighted by Gasteiger charge is -2.57. The Bertz CT molecular complexity index is 661. The van der Waals surface area contributed by atoms with E-state index >= 15 is 0 Å². The number of carbonyl (C=O) groups excluding carboxylic acids is 2. The molecule has 0 radical (unpaired) electrons. The summed E-state index contributed by atoms with van der Waals surface area (Å²) in [5, 5.41) is 3.28. The molecule has 0 heterocycles. The summed E-state index contributed by atoms with van der Waals surface area (Å²) in [7, 11) is 0. The molecule has 4 saturated carbocycles. The topological polar surface area (TPSA) is 55.4 Å². The average molecular weight is 341 g/mol. The van der Waals surface area contributed by atoms with Crippen molar-refractivity contribution in [2.24, 2.45) is 17.8 Å². The molecule has 4 heteroatoms. The van der Waals surface area contributed by atoms with Gasteiger partial charge in [-0.2, -0.15) is 0 Å². The van der Waals surface area contributed by atoms with Crippen LogP contribution >= 0.6 is 0 Å². The third kappa shape index (κ3) is 3.19. The van der Waals surface area contributed by atoms with Crippen LogP contribution in [0.15, 0.2) is 24.3 Å². The third-order valence-corrected chi connectivity index (χ3v) is 6.44. The molecule has 0 unspecified atom stereocenters. The van der Waals surface area contributed by atoms with Gasteiger partial charge in [-0.1, -0.05) is 18.2 Å². The number of aryl methyl sites for hydroxylation is 1. The second-order valence-corrected chi connectivity index (χ2v) is 8.55. The molecule has 1 aromatic rings. The highest BCUT2D eigenvalue weighted by atomic mass is 16.5. The molecular weight excluding hydrogens is 314 g/mol. The van der Waals surface area contributed by atoms with Gasteiger partial charge in [-0.05, 0) is 81.8 Å². The van der Waals surface area contributed by atoms with Gasteiger partial charge in [0.25, 0.3) is 5.91 Å². The van der Waals surface area contributed by atoms with E-state index in [0.717, 1.165) is 42.6 Å². The zero-order chi connectivity index (χ0) is 17.6. The maximum Gasteiger partial charge on any atom is 0.339 e. The molecule has 1 amide bonds. The maximum absolute atomic E-state index is 12.7. The summed E-state index contributed by atoms with van der Waals surface area (Å²) in [6.45, 7) is 3.54. The number of carbonyl (C=O) groups is 2. The molecular formula is C21H27NO3. The molecule has 4 nitrogen and oxygen atoms in total. The van der Waals surface area contributed by atoms with Crippen LogP contribution in [-0.2, 0) is 9.53 Å². The first kappa shape index (κ1) is 16.6. The molecule has 4 fully saturated rings. The molecule has 1 N–H and O–H groups in total. The Hall–Kier alpha value is -1.84. The first-order valence-electron chi connectivity index (χ1n) is 9.53. The Labute approximate surface area is 149 Å². The van der Waals surface area contributed by atoms with Crippen LogP contribution in [0, 0.1) is 24.7 Å². The molecule has 5 rings (SSSR count). The minimum atomic E-state index is -0.764. The van der Waals surface area contributed by atoms with Crippen LogP contribution in [0.3, 0.4) is 0 Å². The monoisotopic (exact) mass is 341 g/mol. The molecule has 4 bridgehead atoms. The molecule has 1 aromatic carbocycles. The van der Waals surface area contributed by atoms with Crippen molar-refractivity contribution >= 4 is 11.9 Å². The van der Waals surface area contributed by atoms with Crippen molar-refractivity contribution in [3.63, 3.8) is 0 Å². The summed E-state index contributed by atoms with van der Waals surface area (Å²) in [5.41, 5.74) is 1.34. The number of esters is 1. The lowest BCUT2D eigenvalue weighted by atomic mass is 9.53. The van der Waals surface area contributed by atoms with E-state index in [4.69, 9.17) is 4.74 Å². The third-order valence-electron chi connectivity index (χ3n) is 6.44. The van der Waals surface area contributed by atoms with Crippen LogP contribution in [-0.4, -0.2) is 23.5 Å². The number of benzene rings is 1. The molecule has 4 aliphatic carbocycles. The highest BCUT2D eigenvalue weighted by Crippen LogP contribution is 2.55. The Morgan fingerprint density at radius 3 is 2.20 bits per heavy atom. The van der Waals surface area contributed by atoms with Gasteiger partial charge in [-0.3, -0.25) is 4.79 Å². The first-order chi connectivity index (χ1) is 11.9. The van der Waals surface area contributed by atoms with Gasteiger partial charge < -0.3 is 10.1 Å². The highest BCUT2D eigenvalue weighted by molar-refractivity contribution is 5.93. The van der Waals surface area contributed by atoms with Crippen molar-refractivity contribution in [1.82, 2.24) is 5.32 Å². The van der Waals surface area contributed by atoms with Gasteiger partial charge in [0.1, 0.15) is 0 Å². The second-order valence-electron chi connectivity index (χ2n) is 8.55. The van der Waals surface area contributed by atoms with Crippen molar-refractivity contribution < 1.29 is 14.3 Å². The summed E-state index contributed by atoms with van der Waals surface area (Å²) < 4.78 is 5.44. The van der Waals surface area contributed by atoms with Crippen LogP contribution in [0.1, 0.15) is 61.4 Å². The molecule has 0 saturated heterocycles. The van der Waals surface area contributed by atoms with Crippen LogP contribution in [0.25, 0.3) is 0 Å². The van der Waals surface area contributed by atoms with E-state index in [1.54, 1.807) is 13.0 Å². The lowest BCUT2D eigenvalue weighted by molar-refractivity contribution is -0.134. The molecule has 134 valence electrons. The Morgan fingerprint density at radius 1 is 1.08 bits per heavy atom. The molecule has 25 heavy (non-hydrogen) atoms. The summed E-state index contributed by atoms with van der Waals surface area (Å²) in [4.78, 5) is 25.0. The maximum atomic E-state index is 12.7. The fourth-order valence-corrected chi connectivity index (χ4v) is 5.71. The largest absolute Gasteiger partial charge is 0.449 e. The minimum Gasteiger partial charge on any atom is -0.449 e. The number of nitrogens with one attached hydrogen (secondary N) is 1. The van der Waals surface area contributed by atoms with Crippen molar-refractivity contribution in [3.8, 4) is 0 Å². The van der Waals surface area contributed by atoms with Gasteiger partial charge in [0.15, 0.2) is 6.10 Å². The van der Waals surface area contributed by atoms with E-state index in [0.29, 0.717) is 5.56 Å². The number of ether oxygens (including phenoxy) is 1. The quantitative estimate of drug-likeness (QED) is 0.851. The van der Waals surface area contributed by atoms with Gasteiger partial charge in [0.05, 0.1) is 5.56 Å². The van der Waals surface area contributed by atoms with Crippen LogP contribution < -0.4 is 5.32 Å². The fraction of sp³-hybridized carbons (Fsp3) is 0.619. The highest BCUT2D eigenvalue weighted by Gasteiger charge is 2.51. The predicted molar refractivity (Wildman–Crippen MR) is 95.1 cm³/mol. The number of hydrogen-bond donors (Lipinski definition) is 1. The van der Waals surface area contributed by atoms with E-state index in [9.17, 15) is 9.59 Å². The SMILES string of the molecule is Cc1ccccc1C(=O)O[C@H](C)C(=O)NC12CC3CC(CC(C3)C1)C2. The normalized spacial score (nSPS) is 33.8. The molecule has 0 spiro atoms. The van der Waals surface area contributed by atoms with E-state index in [1.165, 1.54) is 19.3 Å². The van der Waals surface area contributed by atoms with Gasteiger partial charge in [-0.15, -0.1) is 0 Å². The van der Waals surface area contributed by atoms with Gasteiger partial charge >= 0.3 is 5.97 Å². The average Bonchev–Trinajstić information content (AvgIpc) is 2.53. The molecule has 0 aliphatic heterocycles. The van der Waals surface area contributed by atoms with Crippen molar-refractivity contribution in [2.45, 2.75) is 64.0 Å². The summed E-state index contributed by atoms with van der Waals surface area (Å²) in [6.07, 6.45) is 6.56. The van der Waals surface area contributed by atoms with Gasteiger partial charge in [-0.25, -0.2) is 4.79 Å². The molecule has 4 aliphatic rings. The second kappa shape index (κ2) is 6.15. The first-order valence-corrected chi connectivity index (χ1v) is 9.53. The Balaban J connectivity index is 1.40. The zero-order valence-electron chi connectivity index (χ0n) is 15.1. The lowest BCUT2D eigenvalue weighted by Crippen LogP contribution is -2.61. The fourth-order valence-electron chi connectivity index (χ4n) is 5.71. The van der Waals surface area contributed by atoms with E-state index in [1.807, 2.05) is 25.1 Å². The van der Waals surface area contributed by atoms with Crippen LogP contribution in [0.4, 0.5) is 0 Å². The Morgan fingerprint density at radius 2 is 1.64 bits per heavy atom. The summed E-state index contributed by atoms with van der Waals surface area (Å²) in [5.74, 6) is 1.75. The summed E-state index contributed by atoms with van der Waals surface area (Å²) in [6, 6.07) is 7.30. The molecule has 0 aromatic heterocycles. The van der Waals surface area contributed by atoms with Crippen LogP contribution in [0.2, 0.25) is 0 Å². The van der Waals surface area contributed by atoms with Crippen molar-refractivity contribution in [2.75, 3.05) is 0 Å². The van der Waals surface area contributed by atoms with Crippen molar-refractivity contribution in [3.05, 3.63) is 35.4 Å². The number of hydrogen-bond acceptors (Lipinski definition) is 3. The standard InChI is InChI=1S/C21H27NO3/c1-13-5-3-4-6-18(13)20(24)25-14(2)19(23)22-21-10-15-7-16(11-21)9-17(8-15)12-21/h3-6,14-17H,7-12H2,1-2H3,(H,22,23)/t14-,15?,16?,17?,21?/m1/s1. The van der Waals surface area contributed by atoms with Gasteiger partial charge in [0.2, 0.25) is 0 Å². The number of rotatable bonds is 4. The predicted octanol–water partition coefficient (Wildman–Crippen LogP) is 3.63. The zero-order valence-corrected chi connectivity index (χ0v) is 15.1. The minimum absolute atomic E-state index is 0.0465. The van der Waals surface area contributed by atoms with Crippen LogP contribution in [0.5, 0.6) is 0 Å². The van der Waals surface area contributed by atoms with E-state index in [-0.39, 0.29) is 11.4 Å². The summed E-state index contributed by atoms with van der Waals surface area (Å²) >= 11 is 0. The smallest absolute Gasteiger partial charge is 0.339 e. The van der Waals surface area contributed by atoms with Crippen molar-refractivity contribution in [1.29, 1.82) is 0 Å². The Kier molecular flexibility index (Phi) is 4.09.